The Labute approximate surface area is 185 Å². The molecule has 2 heterocycles. The first-order chi connectivity index (χ1) is 14.9. The topological polar surface area (TPSA) is 91.8 Å². The number of rotatable bonds is 6. The fourth-order valence-electron chi connectivity index (χ4n) is 3.36. The molecule has 0 aliphatic carbocycles. The van der Waals surface area contributed by atoms with Gasteiger partial charge in [-0.15, -0.1) is 0 Å². The van der Waals surface area contributed by atoms with Gasteiger partial charge >= 0.3 is 0 Å². The molecule has 3 aromatic rings. The summed E-state index contributed by atoms with van der Waals surface area (Å²) in [6.07, 6.45) is 0. The number of piperazine rings is 1. The van der Waals surface area contributed by atoms with Gasteiger partial charge in [-0.05, 0) is 50.4 Å². The number of likely N-dealkylation sites (N-methyl/N-ethyl adjacent to an activating group) is 1. The van der Waals surface area contributed by atoms with E-state index in [1.54, 1.807) is 42.5 Å². The summed E-state index contributed by atoms with van der Waals surface area (Å²) in [6, 6.07) is 11.8. The molecule has 31 heavy (non-hydrogen) atoms. The number of ether oxygens (including phenoxy) is 1. The molecule has 0 spiro atoms. The second-order valence-corrected chi connectivity index (χ2v) is 10.2. The molecule has 0 unspecified atom stereocenters. The molecule has 4 rings (SSSR count). The summed E-state index contributed by atoms with van der Waals surface area (Å²) in [5.41, 5.74) is 1.10. The number of nitrogens with zero attached hydrogens (tertiary/aromatic N) is 3. The van der Waals surface area contributed by atoms with E-state index in [0.29, 0.717) is 59.4 Å². The Morgan fingerprint density at radius 2 is 1.94 bits per heavy atom. The van der Waals surface area contributed by atoms with Crippen LogP contribution >= 0.6 is 11.3 Å². The van der Waals surface area contributed by atoms with Crippen LogP contribution in [0.15, 0.2) is 47.4 Å². The Kier molecular flexibility index (Phi) is 6.24. The van der Waals surface area contributed by atoms with Crippen LogP contribution in [0.25, 0.3) is 10.2 Å². The molecule has 1 amide bonds. The van der Waals surface area contributed by atoms with E-state index < -0.39 is 10.0 Å². The number of thiazole rings is 1. The van der Waals surface area contributed by atoms with E-state index in [4.69, 9.17) is 4.74 Å². The summed E-state index contributed by atoms with van der Waals surface area (Å²) in [5, 5.41) is 3.20. The van der Waals surface area contributed by atoms with E-state index in [1.165, 1.54) is 15.6 Å². The Hall–Kier alpha value is -2.53. The Balaban J connectivity index is 1.54. The van der Waals surface area contributed by atoms with Gasteiger partial charge in [-0.1, -0.05) is 17.4 Å². The van der Waals surface area contributed by atoms with Crippen molar-refractivity contribution in [3.8, 4) is 5.75 Å². The molecule has 1 fully saturated rings. The molecule has 10 heteroatoms. The number of hydrogen-bond donors (Lipinski definition) is 1. The van der Waals surface area contributed by atoms with Crippen LogP contribution in [0.4, 0.5) is 5.13 Å². The maximum atomic E-state index is 13.0. The molecule has 1 N–H and O–H groups in total. The minimum atomic E-state index is -3.56. The van der Waals surface area contributed by atoms with E-state index in [9.17, 15) is 13.2 Å². The van der Waals surface area contributed by atoms with Crippen LogP contribution in [0, 0.1) is 0 Å². The Morgan fingerprint density at radius 1 is 1.16 bits per heavy atom. The highest BCUT2D eigenvalue weighted by atomic mass is 32.2. The first-order valence-corrected chi connectivity index (χ1v) is 12.3. The molecule has 8 nitrogen and oxygen atoms in total. The number of benzene rings is 2. The van der Waals surface area contributed by atoms with Crippen LogP contribution in [0.2, 0.25) is 0 Å². The zero-order chi connectivity index (χ0) is 22.0. The highest BCUT2D eigenvalue weighted by Gasteiger charge is 2.27. The average Bonchev–Trinajstić information content (AvgIpc) is 3.16. The van der Waals surface area contributed by atoms with Gasteiger partial charge in [0.15, 0.2) is 5.13 Å². The van der Waals surface area contributed by atoms with Crippen molar-refractivity contribution < 1.29 is 17.9 Å². The highest BCUT2D eigenvalue weighted by Crippen LogP contribution is 2.30. The number of amides is 1. The maximum Gasteiger partial charge on any atom is 0.257 e. The van der Waals surface area contributed by atoms with Gasteiger partial charge in [0, 0.05) is 31.7 Å². The van der Waals surface area contributed by atoms with E-state index in [1.807, 2.05) is 14.0 Å². The van der Waals surface area contributed by atoms with Gasteiger partial charge in [-0.25, -0.2) is 13.4 Å². The SMILES string of the molecule is CCOc1cccc(C(=O)Nc2nc3ccc(S(=O)(=O)N4CCN(C)CC4)cc3s2)c1. The van der Waals surface area contributed by atoms with Crippen LogP contribution in [0.3, 0.4) is 0 Å². The van der Waals surface area contributed by atoms with Gasteiger partial charge in [0.1, 0.15) is 5.75 Å². The standard InChI is InChI=1S/C21H24N4O4S2/c1-3-29-16-6-4-5-15(13-16)20(26)23-21-22-18-8-7-17(14-19(18)30-21)31(27,28)25-11-9-24(2)10-12-25/h4-8,13-14H,3,9-12H2,1-2H3,(H,22,23,26). The summed E-state index contributed by atoms with van der Waals surface area (Å²) in [6.45, 7) is 4.77. The van der Waals surface area contributed by atoms with Crippen molar-refractivity contribution in [1.82, 2.24) is 14.2 Å². The molecule has 2 aromatic carbocycles. The van der Waals surface area contributed by atoms with Gasteiger partial charge in [-0.2, -0.15) is 4.31 Å². The van der Waals surface area contributed by atoms with Crippen molar-refractivity contribution in [2.75, 3.05) is 45.2 Å². The van der Waals surface area contributed by atoms with Crippen LogP contribution in [0.1, 0.15) is 17.3 Å². The van der Waals surface area contributed by atoms with E-state index in [-0.39, 0.29) is 10.8 Å². The first kappa shape index (κ1) is 21.7. The lowest BCUT2D eigenvalue weighted by atomic mass is 10.2. The second kappa shape index (κ2) is 8.91. The minimum absolute atomic E-state index is 0.246. The Morgan fingerprint density at radius 3 is 2.68 bits per heavy atom. The number of carbonyl (C=O) groups is 1. The lowest BCUT2D eigenvalue weighted by molar-refractivity contribution is 0.102. The number of fused-ring (bicyclic) bond motifs is 1. The summed E-state index contributed by atoms with van der Waals surface area (Å²) >= 11 is 1.25. The molecule has 1 aromatic heterocycles. The van der Waals surface area contributed by atoms with Crippen molar-refractivity contribution in [3.63, 3.8) is 0 Å². The molecule has 164 valence electrons. The summed E-state index contributed by atoms with van der Waals surface area (Å²) in [7, 11) is -1.58. The monoisotopic (exact) mass is 460 g/mol. The third-order valence-corrected chi connectivity index (χ3v) is 7.92. The number of nitrogens with one attached hydrogen (secondary N) is 1. The van der Waals surface area contributed by atoms with Crippen LogP contribution < -0.4 is 10.1 Å². The number of carbonyl (C=O) groups excluding carboxylic acids is 1. The van der Waals surface area contributed by atoms with E-state index >= 15 is 0 Å². The normalized spacial score (nSPS) is 15.8. The molecule has 1 saturated heterocycles. The molecule has 0 bridgehead atoms. The predicted molar refractivity (Wildman–Crippen MR) is 121 cm³/mol. The second-order valence-electron chi connectivity index (χ2n) is 7.27. The third kappa shape index (κ3) is 4.72. The predicted octanol–water partition coefficient (Wildman–Crippen LogP) is 2.88. The minimum Gasteiger partial charge on any atom is -0.494 e. The van der Waals surface area contributed by atoms with Crippen molar-refractivity contribution in [2.24, 2.45) is 0 Å². The van der Waals surface area contributed by atoms with E-state index in [0.717, 1.165) is 0 Å². The molecular formula is C21H24N4O4S2. The van der Waals surface area contributed by atoms with E-state index in [2.05, 4.69) is 15.2 Å². The zero-order valence-corrected chi connectivity index (χ0v) is 19.0. The van der Waals surface area contributed by atoms with Crippen LogP contribution in [-0.4, -0.2) is 68.3 Å². The quantitative estimate of drug-likeness (QED) is 0.608. The van der Waals surface area contributed by atoms with Crippen molar-refractivity contribution in [2.45, 2.75) is 11.8 Å². The fourth-order valence-corrected chi connectivity index (χ4v) is 5.78. The molecular weight excluding hydrogens is 436 g/mol. The lowest BCUT2D eigenvalue weighted by Crippen LogP contribution is -2.46. The van der Waals surface area contributed by atoms with Crippen LogP contribution in [0.5, 0.6) is 5.75 Å². The summed E-state index contributed by atoms with van der Waals surface area (Å²) in [5.74, 6) is 0.323. The zero-order valence-electron chi connectivity index (χ0n) is 17.4. The van der Waals surface area contributed by atoms with Gasteiger partial charge in [0.2, 0.25) is 10.0 Å². The maximum absolute atomic E-state index is 13.0. The average molecular weight is 461 g/mol. The summed E-state index contributed by atoms with van der Waals surface area (Å²) in [4.78, 5) is 19.4. The molecule has 1 aliphatic rings. The number of sulfonamides is 1. The molecule has 0 saturated carbocycles. The van der Waals surface area contributed by atoms with Gasteiger partial charge in [-0.3, -0.25) is 10.1 Å². The van der Waals surface area contributed by atoms with Gasteiger partial charge in [0.25, 0.3) is 5.91 Å². The number of aromatic nitrogens is 1. The summed E-state index contributed by atoms with van der Waals surface area (Å²) < 4.78 is 33.7. The van der Waals surface area contributed by atoms with Crippen molar-refractivity contribution >= 4 is 42.6 Å². The Bertz CT molecular complexity index is 1200. The van der Waals surface area contributed by atoms with Crippen molar-refractivity contribution in [3.05, 3.63) is 48.0 Å². The van der Waals surface area contributed by atoms with Crippen molar-refractivity contribution in [1.29, 1.82) is 0 Å². The third-order valence-electron chi connectivity index (χ3n) is 5.09. The number of anilines is 1. The highest BCUT2D eigenvalue weighted by molar-refractivity contribution is 7.89. The van der Waals surface area contributed by atoms with Crippen LogP contribution in [-0.2, 0) is 10.0 Å². The largest absolute Gasteiger partial charge is 0.494 e. The lowest BCUT2D eigenvalue weighted by Gasteiger charge is -2.31. The smallest absolute Gasteiger partial charge is 0.257 e. The molecule has 0 atom stereocenters. The molecule has 1 aliphatic heterocycles. The molecule has 0 radical (unpaired) electrons. The first-order valence-electron chi connectivity index (χ1n) is 10.0. The fraction of sp³-hybridized carbons (Fsp3) is 0.333. The van der Waals surface area contributed by atoms with Gasteiger partial charge in [0.05, 0.1) is 21.7 Å². The number of hydrogen-bond acceptors (Lipinski definition) is 7. The van der Waals surface area contributed by atoms with Gasteiger partial charge < -0.3 is 9.64 Å².